The van der Waals surface area contributed by atoms with Gasteiger partial charge in [0.1, 0.15) is 0 Å². The maximum absolute atomic E-state index is 12.9. The number of rotatable bonds is 5. The molecular formula is C22H20BrN3O5. The molecular weight excluding hydrogens is 466 g/mol. The predicted octanol–water partition coefficient (Wildman–Crippen LogP) is 4.77. The first-order valence-electron chi connectivity index (χ1n) is 9.17. The van der Waals surface area contributed by atoms with Crippen LogP contribution in [0, 0.1) is 0 Å². The third kappa shape index (κ3) is 4.95. The van der Waals surface area contributed by atoms with Gasteiger partial charge >= 0.3 is 6.09 Å². The van der Waals surface area contributed by atoms with Gasteiger partial charge in [0.15, 0.2) is 10.4 Å². The summed E-state index contributed by atoms with van der Waals surface area (Å²) in [6, 6.07) is 16.7. The van der Waals surface area contributed by atoms with Crippen molar-refractivity contribution in [2.75, 3.05) is 36.3 Å². The summed E-state index contributed by atoms with van der Waals surface area (Å²) in [5.41, 5.74) is 1.89. The molecule has 8 nitrogen and oxygen atoms in total. The Morgan fingerprint density at radius 2 is 1.61 bits per heavy atom. The second kappa shape index (κ2) is 9.48. The van der Waals surface area contributed by atoms with E-state index in [2.05, 4.69) is 26.0 Å². The summed E-state index contributed by atoms with van der Waals surface area (Å²) in [5, 5.41) is 2.80. The standard InChI is InChI=1S/C22H20BrN3O5/c1-25(22(29)30-3)15-10-8-14(9-11-15)24-20(27)16-6-4-5-7-17(16)26(2)21(28)18-12-13-19(23)31-18/h4-13H,1-3H3,(H,24,27). The van der Waals surface area contributed by atoms with Gasteiger partial charge in [0.2, 0.25) is 0 Å². The zero-order chi connectivity index (χ0) is 22.5. The topological polar surface area (TPSA) is 92.1 Å². The lowest BCUT2D eigenvalue weighted by molar-refractivity contribution is 0.0965. The number of hydrogen-bond donors (Lipinski definition) is 1. The molecule has 0 saturated carbocycles. The molecule has 0 bridgehead atoms. The molecule has 0 spiro atoms. The number of carbonyl (C=O) groups is 3. The molecule has 0 fully saturated rings. The van der Waals surface area contributed by atoms with Crippen LogP contribution < -0.4 is 15.1 Å². The first kappa shape index (κ1) is 22.1. The lowest BCUT2D eigenvalue weighted by atomic mass is 10.1. The molecule has 0 radical (unpaired) electrons. The average Bonchev–Trinajstić information content (AvgIpc) is 3.23. The van der Waals surface area contributed by atoms with Crippen molar-refractivity contribution in [2.24, 2.45) is 0 Å². The second-order valence-corrected chi connectivity index (χ2v) is 7.30. The van der Waals surface area contributed by atoms with Gasteiger partial charge in [0.05, 0.1) is 18.4 Å². The number of amides is 3. The van der Waals surface area contributed by atoms with Crippen molar-refractivity contribution in [2.45, 2.75) is 0 Å². The molecule has 0 unspecified atom stereocenters. The highest BCUT2D eigenvalue weighted by molar-refractivity contribution is 9.10. The third-order valence-corrected chi connectivity index (χ3v) is 4.99. The van der Waals surface area contributed by atoms with Gasteiger partial charge in [-0.1, -0.05) is 12.1 Å². The number of furan rings is 1. The van der Waals surface area contributed by atoms with E-state index >= 15 is 0 Å². The largest absolute Gasteiger partial charge is 0.452 e. The van der Waals surface area contributed by atoms with E-state index in [4.69, 9.17) is 4.42 Å². The highest BCUT2D eigenvalue weighted by Crippen LogP contribution is 2.25. The number of halogens is 1. The van der Waals surface area contributed by atoms with E-state index in [-0.39, 0.29) is 17.6 Å². The Balaban J connectivity index is 1.78. The molecule has 0 aliphatic rings. The van der Waals surface area contributed by atoms with E-state index < -0.39 is 6.09 Å². The summed E-state index contributed by atoms with van der Waals surface area (Å²) >= 11 is 3.18. The van der Waals surface area contributed by atoms with Crippen LogP contribution in [-0.4, -0.2) is 39.1 Å². The van der Waals surface area contributed by atoms with Gasteiger partial charge in [-0.2, -0.15) is 0 Å². The van der Waals surface area contributed by atoms with Crippen molar-refractivity contribution in [3.8, 4) is 0 Å². The van der Waals surface area contributed by atoms with Gasteiger partial charge in [-0.25, -0.2) is 4.79 Å². The summed E-state index contributed by atoms with van der Waals surface area (Å²) in [7, 11) is 4.46. The smallest absolute Gasteiger partial charge is 0.413 e. The monoisotopic (exact) mass is 485 g/mol. The molecule has 9 heteroatoms. The van der Waals surface area contributed by atoms with E-state index in [0.717, 1.165) is 0 Å². The summed E-state index contributed by atoms with van der Waals surface area (Å²) in [6.07, 6.45) is -0.498. The van der Waals surface area contributed by atoms with Crippen molar-refractivity contribution in [3.63, 3.8) is 0 Å². The van der Waals surface area contributed by atoms with Crippen molar-refractivity contribution >= 4 is 50.9 Å². The van der Waals surface area contributed by atoms with Crippen LogP contribution in [-0.2, 0) is 4.74 Å². The van der Waals surface area contributed by atoms with Gasteiger partial charge in [0.25, 0.3) is 11.8 Å². The molecule has 3 rings (SSSR count). The Morgan fingerprint density at radius 3 is 2.23 bits per heavy atom. The lowest BCUT2D eigenvalue weighted by Gasteiger charge is -2.19. The number of methoxy groups -OCH3 is 1. The molecule has 1 N–H and O–H groups in total. The minimum absolute atomic E-state index is 0.148. The van der Waals surface area contributed by atoms with E-state index in [1.807, 2.05) is 0 Å². The summed E-state index contributed by atoms with van der Waals surface area (Å²) in [4.78, 5) is 39.9. The van der Waals surface area contributed by atoms with Crippen LogP contribution in [0.3, 0.4) is 0 Å². The SMILES string of the molecule is COC(=O)N(C)c1ccc(NC(=O)c2ccccc2N(C)C(=O)c2ccc(Br)o2)cc1. The summed E-state index contributed by atoms with van der Waals surface area (Å²) in [6.45, 7) is 0. The van der Waals surface area contributed by atoms with Crippen LogP contribution in [0.2, 0.25) is 0 Å². The molecule has 1 aromatic heterocycles. The molecule has 3 aromatic rings. The maximum Gasteiger partial charge on any atom is 0.413 e. The van der Waals surface area contributed by atoms with Crippen LogP contribution in [0.1, 0.15) is 20.9 Å². The molecule has 3 amide bonds. The van der Waals surface area contributed by atoms with E-state index in [9.17, 15) is 14.4 Å². The lowest BCUT2D eigenvalue weighted by Crippen LogP contribution is -2.28. The Bertz CT molecular complexity index is 1110. The minimum Gasteiger partial charge on any atom is -0.452 e. The molecule has 31 heavy (non-hydrogen) atoms. The van der Waals surface area contributed by atoms with Gasteiger partial charge < -0.3 is 19.4 Å². The fraction of sp³-hybridized carbons (Fsp3) is 0.136. The number of ether oxygens (including phenoxy) is 1. The summed E-state index contributed by atoms with van der Waals surface area (Å²) in [5.74, 6) is -0.624. The van der Waals surface area contributed by atoms with Gasteiger partial charge in [-0.05, 0) is 64.5 Å². The summed E-state index contributed by atoms with van der Waals surface area (Å²) < 4.78 is 10.5. The molecule has 0 saturated heterocycles. The molecule has 0 atom stereocenters. The van der Waals surface area contributed by atoms with Crippen molar-refractivity contribution in [3.05, 3.63) is 76.7 Å². The Hall–Kier alpha value is -3.59. The molecule has 160 valence electrons. The fourth-order valence-corrected chi connectivity index (χ4v) is 3.18. The first-order valence-corrected chi connectivity index (χ1v) is 9.96. The zero-order valence-electron chi connectivity index (χ0n) is 17.1. The average molecular weight is 486 g/mol. The van der Waals surface area contributed by atoms with Crippen molar-refractivity contribution < 1.29 is 23.5 Å². The fourth-order valence-electron chi connectivity index (χ4n) is 2.87. The number of hydrogen-bond acceptors (Lipinski definition) is 5. The Morgan fingerprint density at radius 1 is 0.935 bits per heavy atom. The highest BCUT2D eigenvalue weighted by Gasteiger charge is 2.22. The number of nitrogens with one attached hydrogen (secondary N) is 1. The van der Waals surface area contributed by atoms with Gasteiger partial charge in [0, 0.05) is 25.5 Å². The van der Waals surface area contributed by atoms with Crippen LogP contribution in [0.15, 0.2) is 69.8 Å². The van der Waals surface area contributed by atoms with Crippen LogP contribution in [0.5, 0.6) is 0 Å². The van der Waals surface area contributed by atoms with E-state index in [1.54, 1.807) is 74.8 Å². The highest BCUT2D eigenvalue weighted by atomic mass is 79.9. The number of para-hydroxylation sites is 1. The maximum atomic E-state index is 12.9. The number of carbonyl (C=O) groups excluding carboxylic acids is 3. The van der Waals surface area contributed by atoms with Gasteiger partial charge in [-0.3, -0.25) is 14.5 Å². The Kier molecular flexibility index (Phi) is 6.76. The Labute approximate surface area is 187 Å². The second-order valence-electron chi connectivity index (χ2n) is 6.52. The quantitative estimate of drug-likeness (QED) is 0.561. The molecule has 0 aliphatic carbocycles. The van der Waals surface area contributed by atoms with E-state index in [0.29, 0.717) is 27.3 Å². The number of benzene rings is 2. The zero-order valence-corrected chi connectivity index (χ0v) is 18.7. The van der Waals surface area contributed by atoms with Gasteiger partial charge in [-0.15, -0.1) is 0 Å². The molecule has 1 heterocycles. The number of nitrogens with zero attached hydrogens (tertiary/aromatic N) is 2. The first-order chi connectivity index (χ1) is 14.8. The van der Waals surface area contributed by atoms with Crippen LogP contribution in [0.4, 0.5) is 21.9 Å². The molecule has 0 aliphatic heterocycles. The minimum atomic E-state index is -0.498. The van der Waals surface area contributed by atoms with Crippen LogP contribution in [0.25, 0.3) is 0 Å². The normalized spacial score (nSPS) is 10.3. The van der Waals surface area contributed by atoms with Crippen molar-refractivity contribution in [1.82, 2.24) is 0 Å². The van der Waals surface area contributed by atoms with Crippen molar-refractivity contribution in [1.29, 1.82) is 0 Å². The predicted molar refractivity (Wildman–Crippen MR) is 121 cm³/mol. The number of anilines is 3. The third-order valence-electron chi connectivity index (χ3n) is 4.56. The molecule has 2 aromatic carbocycles. The van der Waals surface area contributed by atoms with E-state index in [1.165, 1.54) is 16.9 Å². The van der Waals surface area contributed by atoms with Crippen LogP contribution >= 0.6 is 15.9 Å².